The number of nitrogens with one attached hydrogen (secondary N) is 1. The summed E-state index contributed by atoms with van der Waals surface area (Å²) in [4.78, 5) is 34.5. The highest BCUT2D eigenvalue weighted by molar-refractivity contribution is 7.12. The lowest BCUT2D eigenvalue weighted by Crippen LogP contribution is -2.49. The van der Waals surface area contributed by atoms with Crippen molar-refractivity contribution in [3.8, 4) is 0 Å². The maximum Gasteiger partial charge on any atom is 0.254 e. The third kappa shape index (κ3) is 4.47. The quantitative estimate of drug-likeness (QED) is 0.427. The molecule has 0 radical (unpaired) electrons. The van der Waals surface area contributed by atoms with E-state index in [-0.39, 0.29) is 17.5 Å². The van der Waals surface area contributed by atoms with E-state index >= 15 is 0 Å². The first-order chi connectivity index (χ1) is 16.1. The van der Waals surface area contributed by atoms with Crippen molar-refractivity contribution >= 4 is 33.9 Å². The number of nitrogens with zero attached hydrogens (tertiary/aromatic N) is 2. The van der Waals surface area contributed by atoms with Gasteiger partial charge in [-0.15, -0.1) is 11.3 Å². The molecule has 1 fully saturated rings. The van der Waals surface area contributed by atoms with Crippen LogP contribution < -0.4 is 0 Å². The van der Waals surface area contributed by atoms with E-state index in [9.17, 15) is 14.0 Å². The summed E-state index contributed by atoms with van der Waals surface area (Å²) >= 11 is 1.40. The van der Waals surface area contributed by atoms with Crippen molar-refractivity contribution in [1.29, 1.82) is 0 Å². The minimum atomic E-state index is -0.219. The number of thiophene rings is 1. The molecule has 1 aliphatic heterocycles. The second-order valence-corrected chi connectivity index (χ2v) is 9.19. The Hall–Kier alpha value is -3.29. The van der Waals surface area contributed by atoms with Gasteiger partial charge in [-0.05, 0) is 47.7 Å². The first-order valence-corrected chi connectivity index (χ1v) is 11.9. The molecule has 0 atom stereocenters. The van der Waals surface area contributed by atoms with Crippen molar-refractivity contribution in [2.45, 2.75) is 6.42 Å². The Bertz CT molecular complexity index is 1270. The Morgan fingerprint density at radius 1 is 0.939 bits per heavy atom. The van der Waals surface area contributed by atoms with E-state index in [0.717, 1.165) is 37.1 Å². The molecule has 33 heavy (non-hydrogen) atoms. The van der Waals surface area contributed by atoms with Gasteiger partial charge in [-0.1, -0.05) is 24.3 Å². The molecule has 1 N–H and O–H groups in total. The monoisotopic (exact) mass is 461 g/mol. The number of aromatic nitrogens is 1. The number of hydrogen-bond acceptors (Lipinski definition) is 4. The van der Waals surface area contributed by atoms with Gasteiger partial charge in [0.15, 0.2) is 0 Å². The standard InChI is InChI=1S/C26H24FN3O2S/c27-19-8-6-18(7-9-19)10-11-29-12-14-30(15-13-29)26(32)20-3-1-4-22-24(20)21(17-28-22)25(31)23-5-2-16-33-23/h1-9,16-17,28H,10-15H2. The summed E-state index contributed by atoms with van der Waals surface area (Å²) in [5, 5.41) is 2.57. The molecule has 3 heterocycles. The van der Waals surface area contributed by atoms with Crippen LogP contribution in [0.3, 0.4) is 0 Å². The molecule has 5 nitrogen and oxygen atoms in total. The molecule has 2 aromatic carbocycles. The largest absolute Gasteiger partial charge is 0.360 e. The first kappa shape index (κ1) is 21.6. The zero-order valence-corrected chi connectivity index (χ0v) is 18.9. The van der Waals surface area contributed by atoms with Crippen LogP contribution in [0.15, 0.2) is 66.2 Å². The predicted octanol–water partition coefficient (Wildman–Crippen LogP) is 4.60. The summed E-state index contributed by atoms with van der Waals surface area (Å²) in [5.41, 5.74) is 3.00. The zero-order chi connectivity index (χ0) is 22.8. The highest BCUT2D eigenvalue weighted by atomic mass is 32.1. The van der Waals surface area contributed by atoms with Crippen LogP contribution in [-0.2, 0) is 6.42 Å². The molecule has 5 rings (SSSR count). The number of benzene rings is 2. The van der Waals surface area contributed by atoms with Crippen LogP contribution in [0.1, 0.15) is 31.2 Å². The van der Waals surface area contributed by atoms with Crippen molar-refractivity contribution in [3.63, 3.8) is 0 Å². The number of fused-ring (bicyclic) bond motifs is 1. The smallest absolute Gasteiger partial charge is 0.254 e. The van der Waals surface area contributed by atoms with Gasteiger partial charge in [0.1, 0.15) is 5.82 Å². The molecule has 7 heteroatoms. The van der Waals surface area contributed by atoms with Crippen molar-refractivity contribution in [3.05, 3.63) is 93.6 Å². The fourth-order valence-corrected chi connectivity index (χ4v) is 5.04. The second-order valence-electron chi connectivity index (χ2n) is 8.25. The van der Waals surface area contributed by atoms with Crippen LogP contribution >= 0.6 is 11.3 Å². The zero-order valence-electron chi connectivity index (χ0n) is 18.1. The molecule has 1 aliphatic rings. The maximum absolute atomic E-state index is 13.4. The van der Waals surface area contributed by atoms with Gasteiger partial charge < -0.3 is 9.88 Å². The van der Waals surface area contributed by atoms with Crippen molar-refractivity contribution < 1.29 is 14.0 Å². The lowest BCUT2D eigenvalue weighted by atomic mass is 10.0. The molecule has 0 unspecified atom stereocenters. The number of hydrogen-bond donors (Lipinski definition) is 1. The Morgan fingerprint density at radius 3 is 2.45 bits per heavy atom. The molecule has 0 bridgehead atoms. The van der Waals surface area contributed by atoms with Crippen LogP contribution in [-0.4, -0.2) is 59.2 Å². The number of rotatable bonds is 6. The topological polar surface area (TPSA) is 56.4 Å². The molecule has 0 saturated carbocycles. The number of carbonyl (C=O) groups excluding carboxylic acids is 2. The lowest BCUT2D eigenvalue weighted by Gasteiger charge is -2.35. The van der Waals surface area contributed by atoms with Gasteiger partial charge in [-0.25, -0.2) is 4.39 Å². The summed E-state index contributed by atoms with van der Waals surface area (Å²) in [6.45, 7) is 3.73. The summed E-state index contributed by atoms with van der Waals surface area (Å²) in [7, 11) is 0. The fraction of sp³-hybridized carbons (Fsp3) is 0.231. The van der Waals surface area contributed by atoms with E-state index in [4.69, 9.17) is 0 Å². The van der Waals surface area contributed by atoms with Crippen LogP contribution in [0.5, 0.6) is 0 Å². The van der Waals surface area contributed by atoms with Gasteiger partial charge in [0.05, 0.1) is 4.88 Å². The number of ketones is 1. The number of halogens is 1. The molecule has 0 aliphatic carbocycles. The third-order valence-electron chi connectivity index (χ3n) is 6.22. The normalized spacial score (nSPS) is 14.6. The van der Waals surface area contributed by atoms with Crippen molar-refractivity contribution in [2.75, 3.05) is 32.7 Å². The van der Waals surface area contributed by atoms with Crippen LogP contribution in [0.4, 0.5) is 4.39 Å². The van der Waals surface area contributed by atoms with E-state index in [1.807, 2.05) is 46.7 Å². The Kier molecular flexibility index (Phi) is 6.07. The molecule has 1 amide bonds. The van der Waals surface area contributed by atoms with E-state index in [1.165, 1.54) is 23.5 Å². The average Bonchev–Trinajstić information content (AvgIpc) is 3.54. The molecule has 2 aromatic heterocycles. The average molecular weight is 462 g/mol. The number of piperazine rings is 1. The van der Waals surface area contributed by atoms with Crippen molar-refractivity contribution in [1.82, 2.24) is 14.8 Å². The minimum absolute atomic E-state index is 0.0429. The number of carbonyl (C=O) groups is 2. The van der Waals surface area contributed by atoms with Gasteiger partial charge in [0.2, 0.25) is 5.78 Å². The van der Waals surface area contributed by atoms with Crippen LogP contribution in [0.25, 0.3) is 10.9 Å². The Balaban J connectivity index is 1.28. The molecule has 168 valence electrons. The van der Waals surface area contributed by atoms with E-state index in [0.29, 0.717) is 34.5 Å². The van der Waals surface area contributed by atoms with Gasteiger partial charge in [0, 0.05) is 61.0 Å². The summed E-state index contributed by atoms with van der Waals surface area (Å²) < 4.78 is 13.1. The van der Waals surface area contributed by atoms with Gasteiger partial charge in [-0.2, -0.15) is 0 Å². The lowest BCUT2D eigenvalue weighted by molar-refractivity contribution is 0.0640. The maximum atomic E-state index is 13.4. The molecular weight excluding hydrogens is 437 g/mol. The molecule has 1 saturated heterocycles. The van der Waals surface area contributed by atoms with E-state index in [2.05, 4.69) is 9.88 Å². The predicted molar refractivity (Wildman–Crippen MR) is 128 cm³/mol. The van der Waals surface area contributed by atoms with Crippen molar-refractivity contribution in [2.24, 2.45) is 0 Å². The Labute approximate surface area is 195 Å². The number of H-pyrrole nitrogens is 1. The summed E-state index contributed by atoms with van der Waals surface area (Å²) in [6.07, 6.45) is 2.56. The third-order valence-corrected chi connectivity index (χ3v) is 7.08. The van der Waals surface area contributed by atoms with Gasteiger partial charge in [-0.3, -0.25) is 14.5 Å². The summed E-state index contributed by atoms with van der Waals surface area (Å²) in [5.74, 6) is -0.329. The highest BCUT2D eigenvalue weighted by Crippen LogP contribution is 2.27. The fourth-order valence-electron chi connectivity index (χ4n) is 4.37. The first-order valence-electron chi connectivity index (χ1n) is 11.0. The van der Waals surface area contributed by atoms with Gasteiger partial charge >= 0.3 is 0 Å². The van der Waals surface area contributed by atoms with E-state index < -0.39 is 0 Å². The highest BCUT2D eigenvalue weighted by Gasteiger charge is 2.26. The van der Waals surface area contributed by atoms with Crippen LogP contribution in [0, 0.1) is 5.82 Å². The Morgan fingerprint density at radius 2 is 1.73 bits per heavy atom. The SMILES string of the molecule is O=C(c1cccs1)c1c[nH]c2cccc(C(=O)N3CCN(CCc4ccc(F)cc4)CC3)c12. The van der Waals surface area contributed by atoms with Gasteiger partial charge in [0.25, 0.3) is 5.91 Å². The van der Waals surface area contributed by atoms with E-state index in [1.54, 1.807) is 12.3 Å². The second kappa shape index (κ2) is 9.29. The number of amides is 1. The molecule has 4 aromatic rings. The summed E-state index contributed by atoms with van der Waals surface area (Å²) in [6, 6.07) is 15.8. The minimum Gasteiger partial charge on any atom is -0.360 e. The molecular formula is C26H24FN3O2S. The number of aromatic amines is 1. The van der Waals surface area contributed by atoms with Crippen LogP contribution in [0.2, 0.25) is 0 Å². The molecule has 0 spiro atoms.